The highest BCUT2D eigenvalue weighted by Gasteiger charge is 2.30. The van der Waals surface area contributed by atoms with E-state index in [2.05, 4.69) is 5.16 Å². The summed E-state index contributed by atoms with van der Waals surface area (Å²) < 4.78 is 23.9. The van der Waals surface area contributed by atoms with Gasteiger partial charge in [-0.1, -0.05) is 5.16 Å². The van der Waals surface area contributed by atoms with E-state index in [9.17, 15) is 8.42 Å². The molecule has 1 aromatic rings. The number of anilines is 1. The molecule has 1 heterocycles. The Bertz CT molecular complexity index is 591. The molecule has 1 aliphatic rings. The zero-order chi connectivity index (χ0) is 12.6. The van der Waals surface area contributed by atoms with Gasteiger partial charge >= 0.3 is 0 Å². The minimum atomic E-state index is -3.22. The van der Waals surface area contributed by atoms with Crippen molar-refractivity contribution >= 4 is 21.2 Å². The third-order valence-electron chi connectivity index (χ3n) is 2.90. The smallest absolute Gasteiger partial charge is 0.179 e. The fourth-order valence-electron chi connectivity index (χ4n) is 1.99. The van der Waals surface area contributed by atoms with Crippen LogP contribution in [0.5, 0.6) is 0 Å². The van der Waals surface area contributed by atoms with Crippen LogP contribution in [0.1, 0.15) is 17.5 Å². The van der Waals surface area contributed by atoms with Gasteiger partial charge < -0.3 is 10.6 Å². The monoisotopic (exact) mass is 254 g/mol. The van der Waals surface area contributed by atoms with Crippen LogP contribution in [0.25, 0.3) is 0 Å². The average molecular weight is 254 g/mol. The molecule has 92 valence electrons. The number of hydrogen-bond donors (Lipinski definition) is 1. The molecule has 0 saturated carbocycles. The largest absolute Gasteiger partial charge is 0.399 e. The number of sulfone groups is 1. The third-order valence-corrected chi connectivity index (χ3v) is 4.65. The molecule has 1 aromatic carbocycles. The summed E-state index contributed by atoms with van der Waals surface area (Å²) in [5.41, 5.74) is 8.33. The quantitative estimate of drug-likeness (QED) is 0.601. The summed E-state index contributed by atoms with van der Waals surface area (Å²) in [6, 6.07) is 3.15. The van der Waals surface area contributed by atoms with Gasteiger partial charge in [0.15, 0.2) is 9.84 Å². The zero-order valence-electron chi connectivity index (χ0n) is 9.73. The first kappa shape index (κ1) is 11.9. The third kappa shape index (κ3) is 1.88. The Morgan fingerprint density at radius 2 is 2.12 bits per heavy atom. The van der Waals surface area contributed by atoms with Crippen molar-refractivity contribution in [1.29, 1.82) is 0 Å². The summed E-state index contributed by atoms with van der Waals surface area (Å²) in [7, 11) is -1.78. The Labute approximate surface area is 100 Å². The minimum absolute atomic E-state index is 0.0611. The zero-order valence-corrected chi connectivity index (χ0v) is 10.5. The van der Waals surface area contributed by atoms with Crippen LogP contribution in [0, 0.1) is 6.92 Å². The van der Waals surface area contributed by atoms with Crippen LogP contribution in [-0.4, -0.2) is 27.0 Å². The van der Waals surface area contributed by atoms with E-state index in [1.54, 1.807) is 13.0 Å². The number of oxime groups is 1. The fourth-order valence-corrected chi connectivity index (χ4v) is 3.53. The van der Waals surface area contributed by atoms with Crippen LogP contribution >= 0.6 is 0 Å². The van der Waals surface area contributed by atoms with Crippen LogP contribution in [0.2, 0.25) is 0 Å². The molecule has 0 saturated heterocycles. The molecule has 0 amide bonds. The molecule has 5 nitrogen and oxygen atoms in total. The van der Waals surface area contributed by atoms with Gasteiger partial charge in [-0.15, -0.1) is 0 Å². The molecule has 0 spiro atoms. The maximum atomic E-state index is 11.9. The average Bonchev–Trinajstić information content (AvgIpc) is 2.27. The van der Waals surface area contributed by atoms with E-state index in [1.807, 2.05) is 0 Å². The highest BCUT2D eigenvalue weighted by Crippen LogP contribution is 2.31. The molecule has 0 aromatic heterocycles. The van der Waals surface area contributed by atoms with Gasteiger partial charge in [0.1, 0.15) is 7.11 Å². The molecular weight excluding hydrogens is 240 g/mol. The van der Waals surface area contributed by atoms with E-state index in [0.717, 1.165) is 5.56 Å². The normalized spacial score (nSPS) is 20.0. The molecule has 0 atom stereocenters. The molecule has 0 radical (unpaired) electrons. The van der Waals surface area contributed by atoms with Gasteiger partial charge in [0, 0.05) is 17.7 Å². The molecule has 2 rings (SSSR count). The van der Waals surface area contributed by atoms with Gasteiger partial charge in [-0.2, -0.15) is 0 Å². The van der Waals surface area contributed by atoms with Crippen molar-refractivity contribution in [3.8, 4) is 0 Å². The van der Waals surface area contributed by atoms with Crippen molar-refractivity contribution in [2.45, 2.75) is 18.2 Å². The Morgan fingerprint density at radius 1 is 1.41 bits per heavy atom. The van der Waals surface area contributed by atoms with Gasteiger partial charge in [0.05, 0.1) is 16.4 Å². The number of nitrogen functional groups attached to an aromatic ring is 1. The predicted molar refractivity (Wildman–Crippen MR) is 65.8 cm³/mol. The van der Waals surface area contributed by atoms with E-state index in [0.29, 0.717) is 28.3 Å². The summed E-state index contributed by atoms with van der Waals surface area (Å²) in [5.74, 6) is 0.0611. The van der Waals surface area contributed by atoms with Crippen molar-refractivity contribution in [1.82, 2.24) is 0 Å². The van der Waals surface area contributed by atoms with Gasteiger partial charge in [-0.25, -0.2) is 8.42 Å². The number of fused-ring (bicyclic) bond motifs is 1. The second-order valence-electron chi connectivity index (χ2n) is 3.94. The van der Waals surface area contributed by atoms with E-state index in [4.69, 9.17) is 10.6 Å². The highest BCUT2D eigenvalue weighted by atomic mass is 32.2. The molecule has 0 aliphatic carbocycles. The first-order valence-electron chi connectivity index (χ1n) is 5.19. The molecule has 1 aliphatic heterocycles. The van der Waals surface area contributed by atoms with Crippen LogP contribution in [-0.2, 0) is 14.7 Å². The maximum Gasteiger partial charge on any atom is 0.179 e. The molecule has 0 fully saturated rings. The Hall–Kier alpha value is -1.56. The van der Waals surface area contributed by atoms with E-state index in [-0.39, 0.29) is 5.75 Å². The van der Waals surface area contributed by atoms with Crippen molar-refractivity contribution < 1.29 is 13.3 Å². The number of benzene rings is 1. The van der Waals surface area contributed by atoms with Gasteiger partial charge in [0.2, 0.25) is 0 Å². The SMILES string of the molecule is CON=C1CCS(=O)(=O)c2ccc(N)c(C)c21. The number of nitrogens with two attached hydrogens (primary N) is 1. The van der Waals surface area contributed by atoms with Gasteiger partial charge in [-0.3, -0.25) is 0 Å². The molecular formula is C11H14N2O3S. The molecule has 0 bridgehead atoms. The van der Waals surface area contributed by atoms with Crippen molar-refractivity contribution in [3.63, 3.8) is 0 Å². The van der Waals surface area contributed by atoms with Crippen LogP contribution < -0.4 is 5.73 Å². The van der Waals surface area contributed by atoms with Crippen molar-refractivity contribution in [2.75, 3.05) is 18.6 Å². The first-order valence-corrected chi connectivity index (χ1v) is 6.85. The Kier molecular flexibility index (Phi) is 2.82. The summed E-state index contributed by atoms with van der Waals surface area (Å²) >= 11 is 0. The second-order valence-corrected chi connectivity index (χ2v) is 6.02. The maximum absolute atomic E-state index is 11.9. The van der Waals surface area contributed by atoms with E-state index in [1.165, 1.54) is 13.2 Å². The van der Waals surface area contributed by atoms with E-state index >= 15 is 0 Å². The Balaban J connectivity index is 2.78. The molecule has 2 N–H and O–H groups in total. The second kappa shape index (κ2) is 4.03. The molecule has 17 heavy (non-hydrogen) atoms. The first-order chi connectivity index (χ1) is 7.97. The molecule has 0 unspecified atom stereocenters. The highest BCUT2D eigenvalue weighted by molar-refractivity contribution is 7.91. The number of nitrogens with zero attached hydrogens (tertiary/aromatic N) is 1. The minimum Gasteiger partial charge on any atom is -0.399 e. The lowest BCUT2D eigenvalue weighted by atomic mass is 10.0. The fraction of sp³-hybridized carbons (Fsp3) is 0.364. The summed E-state index contributed by atoms with van der Waals surface area (Å²) in [6.45, 7) is 1.79. The van der Waals surface area contributed by atoms with Gasteiger partial charge in [-0.05, 0) is 24.6 Å². The summed E-state index contributed by atoms with van der Waals surface area (Å²) in [5, 5.41) is 3.89. The van der Waals surface area contributed by atoms with Crippen LogP contribution in [0.4, 0.5) is 5.69 Å². The van der Waals surface area contributed by atoms with Crippen LogP contribution in [0.3, 0.4) is 0 Å². The predicted octanol–water partition coefficient (Wildman–Crippen LogP) is 1.11. The summed E-state index contributed by atoms with van der Waals surface area (Å²) in [6.07, 6.45) is 0.355. The van der Waals surface area contributed by atoms with E-state index < -0.39 is 9.84 Å². The van der Waals surface area contributed by atoms with Gasteiger partial charge in [0.25, 0.3) is 0 Å². The molecule has 6 heteroatoms. The summed E-state index contributed by atoms with van der Waals surface area (Å²) in [4.78, 5) is 5.05. The lowest BCUT2D eigenvalue weighted by molar-refractivity contribution is 0.213. The standard InChI is InChI=1S/C11H14N2O3S/c1-7-8(12)3-4-10-11(7)9(13-16-2)5-6-17(10,14)15/h3-4H,5-6,12H2,1-2H3. The number of hydrogen-bond acceptors (Lipinski definition) is 5. The van der Waals surface area contributed by atoms with Crippen molar-refractivity contribution in [3.05, 3.63) is 23.3 Å². The lowest BCUT2D eigenvalue weighted by Crippen LogP contribution is -2.23. The Morgan fingerprint density at radius 3 is 2.76 bits per heavy atom. The topological polar surface area (TPSA) is 81.8 Å². The number of rotatable bonds is 1. The van der Waals surface area contributed by atoms with Crippen LogP contribution in [0.15, 0.2) is 22.2 Å². The van der Waals surface area contributed by atoms with Crippen molar-refractivity contribution in [2.24, 2.45) is 5.16 Å². The lowest BCUT2D eigenvalue weighted by Gasteiger charge is -2.20.